The summed E-state index contributed by atoms with van der Waals surface area (Å²) in [6, 6.07) is 0. The predicted molar refractivity (Wildman–Crippen MR) is 96.7 cm³/mol. The molecule has 26 heavy (non-hydrogen) atoms. The molecule has 0 amide bonds. The first kappa shape index (κ1) is 21.2. The molecule has 0 aliphatic carbocycles. The Morgan fingerprint density at radius 3 is 1.77 bits per heavy atom. The van der Waals surface area contributed by atoms with Gasteiger partial charge in [0.2, 0.25) is 0 Å². The van der Waals surface area contributed by atoms with Crippen molar-refractivity contribution in [2.75, 3.05) is 26.4 Å². The first-order valence-corrected chi connectivity index (χ1v) is 10.2. The van der Waals surface area contributed by atoms with E-state index in [1.54, 1.807) is 0 Å². The number of esters is 2. The molecule has 0 aromatic rings. The second-order valence-electron chi connectivity index (χ2n) is 7.40. The van der Waals surface area contributed by atoms with Crippen molar-refractivity contribution in [2.24, 2.45) is 5.92 Å². The zero-order valence-electron chi connectivity index (χ0n) is 16.1. The van der Waals surface area contributed by atoms with Crippen molar-refractivity contribution < 1.29 is 28.5 Å². The zero-order valence-corrected chi connectivity index (χ0v) is 16.1. The summed E-state index contributed by atoms with van der Waals surface area (Å²) in [7, 11) is 0. The van der Waals surface area contributed by atoms with E-state index in [1.807, 2.05) is 0 Å². The summed E-state index contributed by atoms with van der Waals surface area (Å²) in [5.41, 5.74) is 0. The van der Waals surface area contributed by atoms with E-state index in [0.29, 0.717) is 32.0 Å². The molecule has 2 aliphatic rings. The first-order chi connectivity index (χ1) is 12.7. The van der Waals surface area contributed by atoms with Crippen LogP contribution in [0.5, 0.6) is 0 Å². The van der Waals surface area contributed by atoms with E-state index in [-0.39, 0.29) is 24.1 Å². The topological polar surface area (TPSA) is 77.7 Å². The average molecular weight is 370 g/mol. The fourth-order valence-electron chi connectivity index (χ4n) is 2.98. The van der Waals surface area contributed by atoms with Crippen LogP contribution in [0.3, 0.4) is 0 Å². The predicted octanol–water partition coefficient (Wildman–Crippen LogP) is 3.41. The molecule has 3 unspecified atom stereocenters. The molecular formula is C20H34O6. The van der Waals surface area contributed by atoms with Gasteiger partial charge >= 0.3 is 11.9 Å². The van der Waals surface area contributed by atoms with Crippen LogP contribution in [0.4, 0.5) is 0 Å². The van der Waals surface area contributed by atoms with Crippen molar-refractivity contribution in [1.82, 2.24) is 0 Å². The van der Waals surface area contributed by atoms with Crippen LogP contribution in [-0.4, -0.2) is 50.6 Å². The summed E-state index contributed by atoms with van der Waals surface area (Å²) >= 11 is 0. The van der Waals surface area contributed by atoms with E-state index < -0.39 is 0 Å². The van der Waals surface area contributed by atoms with Crippen molar-refractivity contribution in [1.29, 1.82) is 0 Å². The van der Waals surface area contributed by atoms with E-state index >= 15 is 0 Å². The lowest BCUT2D eigenvalue weighted by Gasteiger charge is -2.14. The number of epoxide rings is 2. The Kier molecular flexibility index (Phi) is 10.00. The van der Waals surface area contributed by atoms with E-state index in [9.17, 15) is 9.59 Å². The molecule has 0 saturated carbocycles. The van der Waals surface area contributed by atoms with E-state index in [1.165, 1.54) is 19.3 Å². The SMILES string of the molecule is CCC(CCCCCC(=O)OCC1CO1)CCCCC(=O)OCC1CO1. The fourth-order valence-corrected chi connectivity index (χ4v) is 2.98. The van der Waals surface area contributed by atoms with Gasteiger partial charge in [-0.1, -0.05) is 45.4 Å². The van der Waals surface area contributed by atoms with Crippen LogP contribution in [0, 0.1) is 5.92 Å². The Morgan fingerprint density at radius 2 is 1.31 bits per heavy atom. The van der Waals surface area contributed by atoms with Crippen LogP contribution >= 0.6 is 0 Å². The van der Waals surface area contributed by atoms with E-state index in [4.69, 9.17) is 18.9 Å². The van der Waals surface area contributed by atoms with Gasteiger partial charge in [-0.25, -0.2) is 0 Å². The lowest BCUT2D eigenvalue weighted by Crippen LogP contribution is -2.09. The van der Waals surface area contributed by atoms with Gasteiger partial charge in [-0.05, 0) is 18.8 Å². The van der Waals surface area contributed by atoms with Crippen molar-refractivity contribution in [2.45, 2.75) is 83.3 Å². The normalized spacial score (nSPS) is 21.9. The minimum absolute atomic E-state index is 0.103. The van der Waals surface area contributed by atoms with Crippen LogP contribution in [0.15, 0.2) is 0 Å². The standard InChI is InChI=1S/C20H34O6/c1-2-16(9-6-7-11-20(22)26-15-18-13-24-18)8-4-3-5-10-19(21)25-14-17-12-23-17/h16-18H,2-15H2,1H3. The minimum Gasteiger partial charge on any atom is -0.463 e. The molecular weight excluding hydrogens is 336 g/mol. The highest BCUT2D eigenvalue weighted by Gasteiger charge is 2.24. The Morgan fingerprint density at radius 1 is 0.846 bits per heavy atom. The molecule has 0 aromatic heterocycles. The van der Waals surface area contributed by atoms with Crippen LogP contribution in [0.1, 0.15) is 71.1 Å². The smallest absolute Gasteiger partial charge is 0.305 e. The summed E-state index contributed by atoms with van der Waals surface area (Å²) in [4.78, 5) is 23.1. The van der Waals surface area contributed by atoms with Crippen LogP contribution in [-0.2, 0) is 28.5 Å². The number of hydrogen-bond acceptors (Lipinski definition) is 6. The third-order valence-electron chi connectivity index (χ3n) is 4.98. The van der Waals surface area contributed by atoms with Gasteiger partial charge in [0, 0.05) is 12.8 Å². The number of carbonyl (C=O) groups is 2. The summed E-state index contributed by atoms with van der Waals surface area (Å²) in [5, 5.41) is 0. The van der Waals surface area contributed by atoms with Gasteiger partial charge < -0.3 is 18.9 Å². The molecule has 3 atom stereocenters. The Labute approximate surface area is 156 Å². The average Bonchev–Trinajstić information content (AvgIpc) is 3.54. The van der Waals surface area contributed by atoms with Crippen molar-refractivity contribution in [3.63, 3.8) is 0 Å². The van der Waals surface area contributed by atoms with E-state index in [0.717, 1.165) is 45.3 Å². The largest absolute Gasteiger partial charge is 0.463 e. The highest BCUT2D eigenvalue weighted by molar-refractivity contribution is 5.69. The lowest BCUT2D eigenvalue weighted by atomic mass is 9.92. The van der Waals surface area contributed by atoms with Gasteiger partial charge in [-0.2, -0.15) is 0 Å². The van der Waals surface area contributed by atoms with Crippen molar-refractivity contribution >= 4 is 11.9 Å². The maximum absolute atomic E-state index is 11.6. The third kappa shape index (κ3) is 10.8. The highest BCUT2D eigenvalue weighted by atomic mass is 16.6. The molecule has 0 bridgehead atoms. The molecule has 2 aliphatic heterocycles. The monoisotopic (exact) mass is 370 g/mol. The number of unbranched alkanes of at least 4 members (excludes halogenated alkanes) is 3. The first-order valence-electron chi connectivity index (χ1n) is 10.2. The molecule has 2 fully saturated rings. The molecule has 150 valence electrons. The van der Waals surface area contributed by atoms with E-state index in [2.05, 4.69) is 6.92 Å². The quantitative estimate of drug-likeness (QED) is 0.235. The molecule has 6 heteroatoms. The van der Waals surface area contributed by atoms with Gasteiger partial charge in [0.1, 0.15) is 25.4 Å². The Hall–Kier alpha value is -1.14. The van der Waals surface area contributed by atoms with Gasteiger partial charge in [0.05, 0.1) is 13.2 Å². The number of rotatable bonds is 16. The van der Waals surface area contributed by atoms with Crippen molar-refractivity contribution in [3.8, 4) is 0 Å². The molecule has 2 heterocycles. The second-order valence-corrected chi connectivity index (χ2v) is 7.40. The molecule has 0 aromatic carbocycles. The third-order valence-corrected chi connectivity index (χ3v) is 4.98. The van der Waals surface area contributed by atoms with Gasteiger partial charge in [0.25, 0.3) is 0 Å². The lowest BCUT2D eigenvalue weighted by molar-refractivity contribution is -0.145. The van der Waals surface area contributed by atoms with Gasteiger partial charge in [-0.3, -0.25) is 9.59 Å². The number of carbonyl (C=O) groups excluding carboxylic acids is 2. The summed E-state index contributed by atoms with van der Waals surface area (Å²) in [6.07, 6.45) is 9.96. The molecule has 0 radical (unpaired) electrons. The minimum atomic E-state index is -0.104. The Balaban J connectivity index is 1.37. The number of hydrogen-bond donors (Lipinski definition) is 0. The number of ether oxygens (including phenoxy) is 4. The summed E-state index contributed by atoms with van der Waals surface area (Å²) < 4.78 is 20.3. The summed E-state index contributed by atoms with van der Waals surface area (Å²) in [6.45, 7) is 4.51. The van der Waals surface area contributed by atoms with Crippen LogP contribution in [0.2, 0.25) is 0 Å². The Bertz CT molecular complexity index is 417. The van der Waals surface area contributed by atoms with Crippen LogP contribution < -0.4 is 0 Å². The second kappa shape index (κ2) is 12.3. The van der Waals surface area contributed by atoms with Gasteiger partial charge in [0.15, 0.2) is 0 Å². The molecule has 6 nitrogen and oxygen atoms in total. The molecule has 2 rings (SSSR count). The molecule has 2 saturated heterocycles. The van der Waals surface area contributed by atoms with Crippen LogP contribution in [0.25, 0.3) is 0 Å². The highest BCUT2D eigenvalue weighted by Crippen LogP contribution is 2.21. The summed E-state index contributed by atoms with van der Waals surface area (Å²) in [5.74, 6) is 0.506. The maximum atomic E-state index is 11.6. The fraction of sp³-hybridized carbons (Fsp3) is 0.900. The van der Waals surface area contributed by atoms with Gasteiger partial charge in [-0.15, -0.1) is 0 Å². The molecule has 0 N–H and O–H groups in total. The molecule has 0 spiro atoms. The zero-order chi connectivity index (χ0) is 18.6. The van der Waals surface area contributed by atoms with Crippen molar-refractivity contribution in [3.05, 3.63) is 0 Å². The maximum Gasteiger partial charge on any atom is 0.305 e.